The predicted octanol–water partition coefficient (Wildman–Crippen LogP) is 2.52. The van der Waals surface area contributed by atoms with Gasteiger partial charge in [0.25, 0.3) is 5.91 Å². The lowest BCUT2D eigenvalue weighted by atomic mass is 9.79. The van der Waals surface area contributed by atoms with Gasteiger partial charge < -0.3 is 10.6 Å². The van der Waals surface area contributed by atoms with E-state index in [9.17, 15) is 4.79 Å². The monoisotopic (exact) mass is 329 g/mol. The number of piperidine rings is 1. The number of likely N-dealkylation sites (tertiary alicyclic amines) is 1. The van der Waals surface area contributed by atoms with Crippen LogP contribution >= 0.6 is 0 Å². The van der Waals surface area contributed by atoms with Crippen molar-refractivity contribution in [2.75, 3.05) is 13.1 Å². The zero-order valence-corrected chi connectivity index (χ0v) is 15.2. The first kappa shape index (κ1) is 16.9. The van der Waals surface area contributed by atoms with Crippen LogP contribution in [0.1, 0.15) is 56.2 Å². The Kier molecular flexibility index (Phi) is 4.11. The van der Waals surface area contributed by atoms with Gasteiger partial charge in [0, 0.05) is 30.6 Å². The minimum absolute atomic E-state index is 0.0409. The Morgan fingerprint density at radius 3 is 2.75 bits per heavy atom. The quantitative estimate of drug-likeness (QED) is 0.918. The van der Waals surface area contributed by atoms with Gasteiger partial charge in [0.2, 0.25) is 0 Å². The van der Waals surface area contributed by atoms with Gasteiger partial charge >= 0.3 is 0 Å². The Bertz CT molecular complexity index is 777. The number of amides is 1. The highest BCUT2D eigenvalue weighted by molar-refractivity contribution is 5.98. The van der Waals surface area contributed by atoms with Crippen molar-refractivity contribution in [1.29, 1.82) is 0 Å². The molecule has 0 spiro atoms. The minimum atomic E-state index is -0.0676. The van der Waals surface area contributed by atoms with E-state index in [4.69, 9.17) is 5.73 Å². The fraction of sp³-hybridized carbons (Fsp3) is 0.611. The Morgan fingerprint density at radius 1 is 1.42 bits per heavy atom. The highest BCUT2D eigenvalue weighted by atomic mass is 16.2. The molecule has 0 bridgehead atoms. The van der Waals surface area contributed by atoms with E-state index in [1.165, 1.54) is 0 Å². The van der Waals surface area contributed by atoms with Crippen LogP contribution in [0.15, 0.2) is 12.3 Å². The van der Waals surface area contributed by atoms with Crippen LogP contribution in [0, 0.1) is 12.3 Å². The van der Waals surface area contributed by atoms with Gasteiger partial charge in [0.1, 0.15) is 0 Å². The van der Waals surface area contributed by atoms with E-state index in [-0.39, 0.29) is 23.4 Å². The molecule has 1 unspecified atom stereocenters. The third kappa shape index (κ3) is 2.79. The molecule has 0 radical (unpaired) electrons. The molecule has 2 N–H and O–H groups in total. The molecule has 1 amide bonds. The molecule has 130 valence electrons. The van der Waals surface area contributed by atoms with E-state index in [1.54, 1.807) is 6.20 Å². The lowest BCUT2D eigenvalue weighted by Crippen LogP contribution is -2.54. The van der Waals surface area contributed by atoms with Crippen LogP contribution in [0.4, 0.5) is 0 Å². The van der Waals surface area contributed by atoms with Gasteiger partial charge in [0.05, 0.1) is 17.5 Å². The first-order chi connectivity index (χ1) is 11.2. The summed E-state index contributed by atoms with van der Waals surface area (Å²) in [6.45, 7) is 11.7. The molecular formula is C18H27N5O. The van der Waals surface area contributed by atoms with Gasteiger partial charge in [-0.2, -0.15) is 5.10 Å². The number of aromatic nitrogens is 3. The average Bonchev–Trinajstić information content (AvgIpc) is 2.91. The van der Waals surface area contributed by atoms with E-state index in [2.05, 4.69) is 37.8 Å². The number of aryl methyl sites for hydroxylation is 1. The third-order valence-electron chi connectivity index (χ3n) is 5.08. The summed E-state index contributed by atoms with van der Waals surface area (Å²) in [6.07, 6.45) is 2.62. The Hall–Kier alpha value is -1.95. The van der Waals surface area contributed by atoms with E-state index in [0.717, 1.165) is 23.1 Å². The average molecular weight is 329 g/mol. The topological polar surface area (TPSA) is 77.0 Å². The van der Waals surface area contributed by atoms with Gasteiger partial charge in [-0.15, -0.1) is 0 Å². The molecule has 1 aliphatic heterocycles. The standard InChI is InChI=1S/C18H27N5O/c1-11(2)23-16-13(9-20-23)8-14(12(3)21-16)17(24)22-7-6-15(19)18(4,5)10-22/h8-9,11,15H,6-7,10,19H2,1-5H3. The van der Waals surface area contributed by atoms with Crippen LogP contribution in [0.25, 0.3) is 11.0 Å². The summed E-state index contributed by atoms with van der Waals surface area (Å²) in [5.41, 5.74) is 8.37. The number of nitrogens with two attached hydrogens (primary N) is 1. The maximum atomic E-state index is 13.0. The van der Waals surface area contributed by atoms with Gasteiger partial charge in [0.15, 0.2) is 5.65 Å². The Labute approximate surface area is 143 Å². The van der Waals surface area contributed by atoms with Crippen molar-refractivity contribution in [2.24, 2.45) is 11.1 Å². The SMILES string of the molecule is Cc1nc2c(cnn2C(C)C)cc1C(=O)N1CCC(N)C(C)(C)C1. The summed E-state index contributed by atoms with van der Waals surface area (Å²) in [7, 11) is 0. The van der Waals surface area contributed by atoms with E-state index in [1.807, 2.05) is 22.6 Å². The maximum Gasteiger partial charge on any atom is 0.255 e. The van der Waals surface area contributed by atoms with E-state index < -0.39 is 0 Å². The molecule has 3 rings (SSSR count). The second kappa shape index (κ2) is 5.84. The minimum Gasteiger partial charge on any atom is -0.338 e. The van der Waals surface area contributed by atoms with E-state index >= 15 is 0 Å². The van der Waals surface area contributed by atoms with Crippen molar-refractivity contribution in [1.82, 2.24) is 19.7 Å². The number of carbonyl (C=O) groups is 1. The molecule has 1 aliphatic rings. The highest BCUT2D eigenvalue weighted by Gasteiger charge is 2.36. The first-order valence-corrected chi connectivity index (χ1v) is 8.60. The first-order valence-electron chi connectivity index (χ1n) is 8.60. The van der Waals surface area contributed by atoms with Gasteiger partial charge in [-0.1, -0.05) is 13.8 Å². The van der Waals surface area contributed by atoms with Crippen molar-refractivity contribution in [3.05, 3.63) is 23.5 Å². The number of carbonyl (C=O) groups excluding carboxylic acids is 1. The molecule has 1 atom stereocenters. The molecule has 0 saturated carbocycles. The zero-order valence-electron chi connectivity index (χ0n) is 15.2. The molecule has 2 aromatic heterocycles. The summed E-state index contributed by atoms with van der Waals surface area (Å²) < 4.78 is 1.89. The van der Waals surface area contributed by atoms with Crippen LogP contribution in [-0.4, -0.2) is 44.7 Å². The van der Waals surface area contributed by atoms with Crippen molar-refractivity contribution >= 4 is 16.9 Å². The number of hydrogen-bond donors (Lipinski definition) is 1. The van der Waals surface area contributed by atoms with E-state index in [0.29, 0.717) is 18.7 Å². The highest BCUT2D eigenvalue weighted by Crippen LogP contribution is 2.29. The van der Waals surface area contributed by atoms with Gasteiger partial charge in [-0.05, 0) is 38.7 Å². The van der Waals surface area contributed by atoms with Crippen LogP contribution in [0.5, 0.6) is 0 Å². The van der Waals surface area contributed by atoms with Crippen molar-refractivity contribution in [3.63, 3.8) is 0 Å². The largest absolute Gasteiger partial charge is 0.338 e. The number of pyridine rings is 1. The van der Waals surface area contributed by atoms with Crippen LogP contribution in [-0.2, 0) is 0 Å². The normalized spacial score (nSPS) is 20.8. The number of nitrogens with zero attached hydrogens (tertiary/aromatic N) is 4. The van der Waals surface area contributed by atoms with Crippen LogP contribution in [0.3, 0.4) is 0 Å². The molecule has 3 heterocycles. The summed E-state index contributed by atoms with van der Waals surface area (Å²) in [4.78, 5) is 19.6. The number of hydrogen-bond acceptors (Lipinski definition) is 4. The number of fused-ring (bicyclic) bond motifs is 1. The van der Waals surface area contributed by atoms with Crippen molar-refractivity contribution in [3.8, 4) is 0 Å². The third-order valence-corrected chi connectivity index (χ3v) is 5.08. The molecule has 1 saturated heterocycles. The fourth-order valence-corrected chi connectivity index (χ4v) is 3.38. The second-order valence-electron chi connectivity index (χ2n) is 7.83. The fourth-order valence-electron chi connectivity index (χ4n) is 3.38. The molecule has 0 aliphatic carbocycles. The Balaban J connectivity index is 1.94. The summed E-state index contributed by atoms with van der Waals surface area (Å²) >= 11 is 0. The molecule has 0 aromatic carbocycles. The van der Waals surface area contributed by atoms with Crippen molar-refractivity contribution < 1.29 is 4.79 Å². The summed E-state index contributed by atoms with van der Waals surface area (Å²) in [5, 5.41) is 5.30. The lowest BCUT2D eigenvalue weighted by Gasteiger charge is -2.42. The molecule has 24 heavy (non-hydrogen) atoms. The van der Waals surface area contributed by atoms with Crippen molar-refractivity contribution in [2.45, 2.75) is 53.1 Å². The molecule has 6 heteroatoms. The zero-order chi connectivity index (χ0) is 17.6. The van der Waals surface area contributed by atoms with Crippen LogP contribution < -0.4 is 5.73 Å². The summed E-state index contributed by atoms with van der Waals surface area (Å²) in [6, 6.07) is 2.29. The predicted molar refractivity (Wildman–Crippen MR) is 94.9 cm³/mol. The maximum absolute atomic E-state index is 13.0. The molecular weight excluding hydrogens is 302 g/mol. The molecule has 1 fully saturated rings. The molecule has 6 nitrogen and oxygen atoms in total. The number of rotatable bonds is 2. The second-order valence-corrected chi connectivity index (χ2v) is 7.83. The summed E-state index contributed by atoms with van der Waals surface area (Å²) in [5.74, 6) is 0.0409. The Morgan fingerprint density at radius 2 is 2.12 bits per heavy atom. The van der Waals surface area contributed by atoms with Crippen LogP contribution in [0.2, 0.25) is 0 Å². The smallest absolute Gasteiger partial charge is 0.255 e. The van der Waals surface area contributed by atoms with Gasteiger partial charge in [-0.25, -0.2) is 9.67 Å². The lowest BCUT2D eigenvalue weighted by molar-refractivity contribution is 0.0532. The van der Waals surface area contributed by atoms with Gasteiger partial charge in [-0.3, -0.25) is 4.79 Å². The molecule has 2 aromatic rings.